The second-order valence-electron chi connectivity index (χ2n) is 7.09. The summed E-state index contributed by atoms with van der Waals surface area (Å²) in [5, 5.41) is 5.82. The van der Waals surface area contributed by atoms with Crippen molar-refractivity contribution < 1.29 is 27.4 Å². The highest BCUT2D eigenvalue weighted by Gasteiger charge is 2.39. The average molecular weight is 387 g/mol. The maximum atomic E-state index is 14.3. The number of rotatable bonds is 7. The van der Waals surface area contributed by atoms with Crippen molar-refractivity contribution in [2.75, 3.05) is 20.3 Å². The van der Waals surface area contributed by atoms with Gasteiger partial charge in [-0.25, -0.2) is 13.2 Å². The molecular formula is C18H24F3N3O3. The zero-order chi connectivity index (χ0) is 19.4. The van der Waals surface area contributed by atoms with E-state index in [0.717, 1.165) is 19.4 Å². The number of ether oxygens (including phenoxy) is 2. The number of nitrogens with zero attached hydrogens (tertiary/aromatic N) is 1. The summed E-state index contributed by atoms with van der Waals surface area (Å²) in [6.07, 6.45) is 1.62. The maximum Gasteiger partial charge on any atom is 0.253 e. The molecular weight excluding hydrogens is 363 g/mol. The highest BCUT2D eigenvalue weighted by molar-refractivity contribution is 5.82. The first-order valence-electron chi connectivity index (χ1n) is 9.13. The van der Waals surface area contributed by atoms with Crippen molar-refractivity contribution in [3.63, 3.8) is 0 Å². The van der Waals surface area contributed by atoms with E-state index in [1.54, 1.807) is 0 Å². The average Bonchev–Trinajstić information content (AvgIpc) is 3.28. The minimum absolute atomic E-state index is 0.0217. The fourth-order valence-corrected chi connectivity index (χ4v) is 3.49. The fraction of sp³-hybridized carbons (Fsp3) is 0.667. The highest BCUT2D eigenvalue weighted by Crippen LogP contribution is 2.39. The van der Waals surface area contributed by atoms with E-state index in [2.05, 4.69) is 15.6 Å². The zero-order valence-electron chi connectivity index (χ0n) is 15.2. The van der Waals surface area contributed by atoms with Crippen LogP contribution in [0.2, 0.25) is 0 Å². The predicted octanol–water partition coefficient (Wildman–Crippen LogP) is 2.41. The SMILES string of the molecule is COc1nc(OCC2CCC(F)(F)C2)c(F)cc1CNC(=O)[C@@H]1CCCN1. The molecule has 0 aromatic carbocycles. The van der Waals surface area contributed by atoms with Gasteiger partial charge in [-0.05, 0) is 37.8 Å². The Balaban J connectivity index is 1.59. The number of nitrogens with one attached hydrogen (secondary N) is 2. The number of carbonyl (C=O) groups is 1. The van der Waals surface area contributed by atoms with Gasteiger partial charge in [-0.3, -0.25) is 4.79 Å². The second-order valence-corrected chi connectivity index (χ2v) is 7.09. The van der Waals surface area contributed by atoms with Gasteiger partial charge >= 0.3 is 0 Å². The van der Waals surface area contributed by atoms with Crippen molar-refractivity contribution in [1.29, 1.82) is 0 Å². The van der Waals surface area contributed by atoms with Crippen molar-refractivity contribution in [2.24, 2.45) is 5.92 Å². The molecule has 9 heteroatoms. The second kappa shape index (κ2) is 8.33. The smallest absolute Gasteiger partial charge is 0.253 e. The van der Waals surface area contributed by atoms with E-state index in [1.165, 1.54) is 13.2 Å². The molecule has 1 aromatic heterocycles. The van der Waals surface area contributed by atoms with E-state index in [9.17, 15) is 18.0 Å². The summed E-state index contributed by atoms with van der Waals surface area (Å²) in [6, 6.07) is 0.952. The summed E-state index contributed by atoms with van der Waals surface area (Å²) in [5.74, 6) is -4.03. The summed E-state index contributed by atoms with van der Waals surface area (Å²) >= 11 is 0. The molecule has 1 saturated heterocycles. The summed E-state index contributed by atoms with van der Waals surface area (Å²) in [7, 11) is 1.38. The molecule has 1 unspecified atom stereocenters. The van der Waals surface area contributed by atoms with Gasteiger partial charge in [0.15, 0.2) is 5.82 Å². The summed E-state index contributed by atoms with van der Waals surface area (Å²) < 4.78 is 51.2. The lowest BCUT2D eigenvalue weighted by molar-refractivity contribution is -0.122. The largest absolute Gasteiger partial charge is 0.481 e. The first-order chi connectivity index (χ1) is 12.9. The number of aromatic nitrogens is 1. The maximum absolute atomic E-state index is 14.3. The van der Waals surface area contributed by atoms with Crippen LogP contribution >= 0.6 is 0 Å². The number of hydrogen-bond acceptors (Lipinski definition) is 5. The van der Waals surface area contributed by atoms with Crippen LogP contribution in [0.5, 0.6) is 11.8 Å². The Kier molecular flexibility index (Phi) is 6.08. The molecule has 1 aliphatic carbocycles. The topological polar surface area (TPSA) is 72.5 Å². The Morgan fingerprint density at radius 1 is 1.41 bits per heavy atom. The van der Waals surface area contributed by atoms with Crippen molar-refractivity contribution in [3.05, 3.63) is 17.4 Å². The molecule has 3 rings (SSSR count). The lowest BCUT2D eigenvalue weighted by Crippen LogP contribution is -2.40. The van der Waals surface area contributed by atoms with Crippen molar-refractivity contribution in [1.82, 2.24) is 15.6 Å². The fourth-order valence-electron chi connectivity index (χ4n) is 3.49. The summed E-state index contributed by atoms with van der Waals surface area (Å²) in [5.41, 5.74) is 0.376. The van der Waals surface area contributed by atoms with Crippen molar-refractivity contribution in [2.45, 2.75) is 50.6 Å². The van der Waals surface area contributed by atoms with Crippen LogP contribution in [0.25, 0.3) is 0 Å². The summed E-state index contributed by atoms with van der Waals surface area (Å²) in [4.78, 5) is 16.0. The molecule has 1 aliphatic heterocycles. The molecule has 2 atom stereocenters. The minimum atomic E-state index is -2.67. The van der Waals surface area contributed by atoms with Crippen LogP contribution in [0, 0.1) is 11.7 Å². The molecule has 2 N–H and O–H groups in total. The Morgan fingerprint density at radius 2 is 2.22 bits per heavy atom. The monoisotopic (exact) mass is 387 g/mol. The molecule has 1 amide bonds. The molecule has 0 bridgehead atoms. The van der Waals surface area contributed by atoms with Gasteiger partial charge in [0.1, 0.15) is 0 Å². The highest BCUT2D eigenvalue weighted by atomic mass is 19.3. The van der Waals surface area contributed by atoms with Gasteiger partial charge in [-0.2, -0.15) is 4.98 Å². The summed E-state index contributed by atoms with van der Waals surface area (Å²) in [6.45, 7) is 0.849. The normalized spacial score (nSPS) is 24.0. The third-order valence-electron chi connectivity index (χ3n) is 4.97. The van der Waals surface area contributed by atoms with Gasteiger partial charge in [-0.1, -0.05) is 0 Å². The molecule has 27 heavy (non-hydrogen) atoms. The van der Waals surface area contributed by atoms with Crippen LogP contribution in [0.3, 0.4) is 0 Å². The Morgan fingerprint density at radius 3 is 2.85 bits per heavy atom. The molecule has 2 aliphatic rings. The standard InChI is InChI=1S/C18H24F3N3O3/c1-26-16-12(9-23-15(25)14-3-2-6-22-14)7-13(19)17(24-16)27-10-11-4-5-18(20,21)8-11/h7,11,14,22H,2-6,8-10H2,1H3,(H,23,25)/t11?,14-/m0/s1. The quantitative estimate of drug-likeness (QED) is 0.752. The number of alkyl halides is 2. The molecule has 1 saturated carbocycles. The van der Waals surface area contributed by atoms with Crippen LogP contribution in [0.4, 0.5) is 13.2 Å². The van der Waals surface area contributed by atoms with Crippen LogP contribution in [0.1, 0.15) is 37.7 Å². The lowest BCUT2D eigenvalue weighted by atomic mass is 10.1. The number of methoxy groups -OCH3 is 1. The molecule has 2 fully saturated rings. The van der Waals surface area contributed by atoms with Gasteiger partial charge in [0.25, 0.3) is 5.88 Å². The molecule has 1 aromatic rings. The Bertz CT molecular complexity index is 681. The van der Waals surface area contributed by atoms with E-state index >= 15 is 0 Å². The van der Waals surface area contributed by atoms with Crippen LogP contribution < -0.4 is 20.1 Å². The van der Waals surface area contributed by atoms with E-state index in [-0.39, 0.29) is 55.6 Å². The predicted molar refractivity (Wildman–Crippen MR) is 91.4 cm³/mol. The first kappa shape index (κ1) is 19.7. The number of amides is 1. The van der Waals surface area contributed by atoms with Gasteiger partial charge in [-0.15, -0.1) is 0 Å². The van der Waals surface area contributed by atoms with E-state index < -0.39 is 11.7 Å². The molecule has 6 nitrogen and oxygen atoms in total. The third kappa shape index (κ3) is 5.03. The Labute approximate surface area is 155 Å². The first-order valence-corrected chi connectivity index (χ1v) is 9.13. The molecule has 0 radical (unpaired) electrons. The van der Waals surface area contributed by atoms with E-state index in [0.29, 0.717) is 12.0 Å². The van der Waals surface area contributed by atoms with Crippen molar-refractivity contribution in [3.8, 4) is 11.8 Å². The van der Waals surface area contributed by atoms with Gasteiger partial charge in [0.05, 0.1) is 19.8 Å². The van der Waals surface area contributed by atoms with Gasteiger partial charge in [0, 0.05) is 24.9 Å². The van der Waals surface area contributed by atoms with Gasteiger partial charge in [0.2, 0.25) is 17.7 Å². The molecule has 2 heterocycles. The minimum Gasteiger partial charge on any atom is -0.481 e. The number of halogens is 3. The molecule has 0 spiro atoms. The number of pyridine rings is 1. The van der Waals surface area contributed by atoms with Gasteiger partial charge < -0.3 is 20.1 Å². The number of hydrogen-bond donors (Lipinski definition) is 2. The van der Waals surface area contributed by atoms with Crippen LogP contribution in [-0.2, 0) is 11.3 Å². The van der Waals surface area contributed by atoms with E-state index in [4.69, 9.17) is 9.47 Å². The van der Waals surface area contributed by atoms with Crippen LogP contribution in [-0.4, -0.2) is 43.1 Å². The zero-order valence-corrected chi connectivity index (χ0v) is 15.2. The van der Waals surface area contributed by atoms with Crippen LogP contribution in [0.15, 0.2) is 6.07 Å². The molecule has 150 valence electrons. The number of carbonyl (C=O) groups excluding carboxylic acids is 1. The lowest BCUT2D eigenvalue weighted by Gasteiger charge is -2.15. The van der Waals surface area contributed by atoms with E-state index in [1.807, 2.05) is 0 Å². The third-order valence-corrected chi connectivity index (χ3v) is 4.97. The van der Waals surface area contributed by atoms with Crippen molar-refractivity contribution >= 4 is 5.91 Å². The Hall–Kier alpha value is -2.03.